The van der Waals surface area contributed by atoms with Gasteiger partial charge in [-0.15, -0.1) is 11.8 Å². The van der Waals surface area contributed by atoms with Crippen molar-refractivity contribution in [3.8, 4) is 23.7 Å². The number of hydrogen-bond donors (Lipinski definition) is 0. The lowest BCUT2D eigenvalue weighted by molar-refractivity contribution is 1.20. The van der Waals surface area contributed by atoms with Crippen molar-refractivity contribution >= 4 is 33.7 Å². The highest BCUT2D eigenvalue weighted by Crippen LogP contribution is 2.39. The summed E-state index contributed by atoms with van der Waals surface area (Å²) in [5.74, 6) is 13.2. The molecule has 0 amide bonds. The van der Waals surface area contributed by atoms with Crippen molar-refractivity contribution in [1.29, 1.82) is 0 Å². The molecule has 0 bridgehead atoms. The lowest BCUT2D eigenvalue weighted by Crippen LogP contribution is -1.95. The van der Waals surface area contributed by atoms with Crippen LogP contribution in [0.4, 0.5) is 0 Å². The van der Waals surface area contributed by atoms with E-state index in [1.165, 1.54) is 54.9 Å². The fraction of sp³-hybridized carbons (Fsp3) is 0.214. The first-order valence-corrected chi connectivity index (χ1v) is 9.88. The summed E-state index contributed by atoms with van der Waals surface area (Å²) in [5, 5.41) is 4.93. The van der Waals surface area contributed by atoms with E-state index in [1.807, 2.05) is 13.8 Å². The van der Waals surface area contributed by atoms with Gasteiger partial charge in [0.1, 0.15) is 0 Å². The monoisotopic (exact) mass is 358 g/mol. The Bertz CT molecular complexity index is 1300. The molecule has 0 nitrogen and oxygen atoms in total. The van der Waals surface area contributed by atoms with Gasteiger partial charge >= 0.3 is 0 Å². The summed E-state index contributed by atoms with van der Waals surface area (Å²) in [6.45, 7) is 8.27. The summed E-state index contributed by atoms with van der Waals surface area (Å²) < 4.78 is 0. The molecule has 0 radical (unpaired) electrons. The first-order valence-electron chi connectivity index (χ1n) is 9.88. The predicted molar refractivity (Wildman–Crippen MR) is 121 cm³/mol. The largest absolute Gasteiger partial charge is 0.101 e. The molecule has 0 aromatic heterocycles. The Morgan fingerprint density at radius 2 is 1.00 bits per heavy atom. The third kappa shape index (κ3) is 2.42. The summed E-state index contributed by atoms with van der Waals surface area (Å²) in [6.07, 6.45) is 6.68. The van der Waals surface area contributed by atoms with Crippen LogP contribution < -0.4 is 0 Å². The Kier molecular flexibility index (Phi) is 3.72. The van der Waals surface area contributed by atoms with Gasteiger partial charge in [-0.25, -0.2) is 0 Å². The second-order valence-corrected chi connectivity index (χ2v) is 8.03. The van der Waals surface area contributed by atoms with E-state index < -0.39 is 0 Å². The zero-order valence-electron chi connectivity index (χ0n) is 16.9. The number of hydrogen-bond acceptors (Lipinski definition) is 0. The van der Waals surface area contributed by atoms with Crippen molar-refractivity contribution in [2.45, 2.75) is 40.5 Å². The molecule has 0 heteroatoms. The zero-order valence-corrected chi connectivity index (χ0v) is 16.9. The molecule has 0 spiro atoms. The predicted octanol–water partition coefficient (Wildman–Crippen LogP) is 6.65. The van der Waals surface area contributed by atoms with Crippen LogP contribution in [-0.2, 0) is 12.8 Å². The van der Waals surface area contributed by atoms with Crippen molar-refractivity contribution < 1.29 is 0 Å². The quantitative estimate of drug-likeness (QED) is 0.311. The van der Waals surface area contributed by atoms with Gasteiger partial charge in [0.25, 0.3) is 0 Å². The SMILES string of the molecule is CC#Cc1c2cc3c(cc2c(C#CC)c2cc4c(cc12)C=C(C)C4)CC(C)=C3. The average Bonchev–Trinajstić information content (AvgIpc) is 3.21. The lowest BCUT2D eigenvalue weighted by Gasteiger charge is -2.14. The molecular weight excluding hydrogens is 336 g/mol. The van der Waals surface area contributed by atoms with E-state index >= 15 is 0 Å². The number of fused-ring (bicyclic) bond motifs is 4. The Morgan fingerprint density at radius 1 is 0.607 bits per heavy atom. The highest BCUT2D eigenvalue weighted by atomic mass is 14.2. The first-order chi connectivity index (χ1) is 13.6. The van der Waals surface area contributed by atoms with Gasteiger partial charge in [-0.2, -0.15) is 0 Å². The normalized spacial score (nSPS) is 14.0. The highest BCUT2D eigenvalue weighted by Gasteiger charge is 2.19. The molecule has 3 aromatic rings. The standard InChI is InChI=1S/C28H22/c1-5-7-23-25-13-19-9-17(3)11-21(19)15-27(25)24(8-6-2)28-16-22-12-18(4)10-20(22)14-26(23)28/h9-10,13-16H,11-12H2,1-4H3. The van der Waals surface area contributed by atoms with Gasteiger partial charge in [0.2, 0.25) is 0 Å². The first kappa shape index (κ1) is 16.9. The third-order valence-electron chi connectivity index (χ3n) is 5.88. The van der Waals surface area contributed by atoms with Gasteiger partial charge in [-0.05, 0) is 109 Å². The van der Waals surface area contributed by atoms with Crippen LogP contribution in [0.5, 0.6) is 0 Å². The molecule has 2 aliphatic carbocycles. The van der Waals surface area contributed by atoms with Gasteiger partial charge in [0, 0.05) is 11.1 Å². The molecule has 0 N–H and O–H groups in total. The van der Waals surface area contributed by atoms with Crippen LogP contribution in [0, 0.1) is 23.7 Å². The second-order valence-electron chi connectivity index (χ2n) is 8.03. The molecule has 0 atom stereocenters. The smallest absolute Gasteiger partial charge is 0.0403 e. The van der Waals surface area contributed by atoms with Crippen LogP contribution in [0.1, 0.15) is 61.1 Å². The maximum absolute atomic E-state index is 3.44. The Labute approximate surface area is 167 Å². The Morgan fingerprint density at radius 3 is 1.39 bits per heavy atom. The molecule has 0 fully saturated rings. The van der Waals surface area contributed by atoms with E-state index in [2.05, 4.69) is 73.9 Å². The fourth-order valence-electron chi connectivity index (χ4n) is 4.77. The van der Waals surface area contributed by atoms with Gasteiger partial charge < -0.3 is 0 Å². The Hall–Kier alpha value is -3.22. The molecule has 0 saturated carbocycles. The van der Waals surface area contributed by atoms with Crippen molar-refractivity contribution in [2.75, 3.05) is 0 Å². The van der Waals surface area contributed by atoms with Gasteiger partial charge in [0.05, 0.1) is 0 Å². The van der Waals surface area contributed by atoms with Crippen LogP contribution in [0.25, 0.3) is 33.7 Å². The van der Waals surface area contributed by atoms with Crippen LogP contribution in [0.15, 0.2) is 35.4 Å². The van der Waals surface area contributed by atoms with Crippen LogP contribution >= 0.6 is 0 Å². The van der Waals surface area contributed by atoms with Crippen LogP contribution in [0.3, 0.4) is 0 Å². The van der Waals surface area contributed by atoms with E-state index in [9.17, 15) is 0 Å². The Balaban J connectivity index is 2.00. The maximum Gasteiger partial charge on any atom is 0.0403 e. The summed E-state index contributed by atoms with van der Waals surface area (Å²) in [4.78, 5) is 0. The van der Waals surface area contributed by atoms with Gasteiger partial charge in [0.15, 0.2) is 0 Å². The van der Waals surface area contributed by atoms with Crippen molar-refractivity contribution in [2.24, 2.45) is 0 Å². The molecule has 0 saturated heterocycles. The van der Waals surface area contributed by atoms with Crippen LogP contribution in [0.2, 0.25) is 0 Å². The molecule has 3 aromatic carbocycles. The van der Waals surface area contributed by atoms with Crippen molar-refractivity contribution in [3.05, 3.63) is 68.8 Å². The van der Waals surface area contributed by atoms with E-state index in [4.69, 9.17) is 0 Å². The van der Waals surface area contributed by atoms with Gasteiger partial charge in [-0.3, -0.25) is 0 Å². The van der Waals surface area contributed by atoms with E-state index in [1.54, 1.807) is 0 Å². The second kappa shape index (κ2) is 6.15. The minimum absolute atomic E-state index is 1.03. The summed E-state index contributed by atoms with van der Waals surface area (Å²) >= 11 is 0. The zero-order chi connectivity index (χ0) is 19.4. The summed E-state index contributed by atoms with van der Waals surface area (Å²) in [5.41, 5.74) is 10.6. The van der Waals surface area contributed by atoms with Crippen LogP contribution in [-0.4, -0.2) is 0 Å². The van der Waals surface area contributed by atoms with E-state index in [0.29, 0.717) is 0 Å². The van der Waals surface area contributed by atoms with E-state index in [-0.39, 0.29) is 0 Å². The van der Waals surface area contributed by atoms with Gasteiger partial charge in [-0.1, -0.05) is 35.1 Å². The minimum atomic E-state index is 1.03. The molecule has 0 unspecified atom stereocenters. The molecule has 0 heterocycles. The highest BCUT2D eigenvalue weighted by molar-refractivity contribution is 6.11. The molecule has 28 heavy (non-hydrogen) atoms. The summed E-state index contributed by atoms with van der Waals surface area (Å²) in [7, 11) is 0. The fourth-order valence-corrected chi connectivity index (χ4v) is 4.77. The number of allylic oxidation sites excluding steroid dienone is 2. The van der Waals surface area contributed by atoms with Crippen molar-refractivity contribution in [1.82, 2.24) is 0 Å². The van der Waals surface area contributed by atoms with E-state index in [0.717, 1.165) is 24.0 Å². The molecule has 2 aliphatic rings. The molecule has 134 valence electrons. The third-order valence-corrected chi connectivity index (χ3v) is 5.88. The minimum Gasteiger partial charge on any atom is -0.101 e. The number of benzene rings is 3. The average molecular weight is 358 g/mol. The maximum atomic E-state index is 3.44. The van der Waals surface area contributed by atoms with Crippen molar-refractivity contribution in [3.63, 3.8) is 0 Å². The summed E-state index contributed by atoms with van der Waals surface area (Å²) in [6, 6.07) is 9.37. The molecule has 0 aliphatic heterocycles. The lowest BCUT2D eigenvalue weighted by atomic mass is 9.88. The molecular formula is C28H22. The topological polar surface area (TPSA) is 0 Å². The molecule has 5 rings (SSSR count). The number of rotatable bonds is 0.